The third kappa shape index (κ3) is 3.06. The summed E-state index contributed by atoms with van der Waals surface area (Å²) in [6.45, 7) is 6.66. The quantitative estimate of drug-likeness (QED) is 0.757. The molecule has 2 nitrogen and oxygen atoms in total. The highest BCUT2D eigenvalue weighted by atomic mass is 16.5. The van der Waals surface area contributed by atoms with Gasteiger partial charge in [-0.3, -0.25) is 4.79 Å². The Labute approximate surface area is 116 Å². The van der Waals surface area contributed by atoms with Gasteiger partial charge in [-0.05, 0) is 45.7 Å². The fraction of sp³-hybridized carbons (Fsp3) is 0.588. The summed E-state index contributed by atoms with van der Waals surface area (Å²) >= 11 is 0. The number of carbonyl (C=O) groups excluding carboxylic acids is 1. The van der Waals surface area contributed by atoms with Crippen molar-refractivity contribution in [2.24, 2.45) is 0 Å². The minimum atomic E-state index is -0.562. The van der Waals surface area contributed by atoms with Crippen molar-refractivity contribution in [2.75, 3.05) is 6.61 Å². The molecule has 1 saturated carbocycles. The third-order valence-electron chi connectivity index (χ3n) is 3.98. The molecular weight excluding hydrogens is 236 g/mol. The lowest BCUT2D eigenvalue weighted by molar-refractivity contribution is -0.0411. The van der Waals surface area contributed by atoms with Crippen LogP contribution < -0.4 is 0 Å². The minimum Gasteiger partial charge on any atom is -0.367 e. The normalized spacial score (nSPS) is 18.3. The summed E-state index contributed by atoms with van der Waals surface area (Å²) < 4.78 is 5.92. The molecule has 104 valence electrons. The summed E-state index contributed by atoms with van der Waals surface area (Å²) in [5.74, 6) is 0.181. The monoisotopic (exact) mass is 260 g/mol. The minimum absolute atomic E-state index is 0.181. The number of carbonyl (C=O) groups is 1. The van der Waals surface area contributed by atoms with Crippen molar-refractivity contribution in [3.8, 4) is 0 Å². The Morgan fingerprint density at radius 2 is 1.68 bits per heavy atom. The number of aryl methyl sites for hydroxylation is 2. The SMILES string of the molecule is CCOC1(C(=O)c2cc(C)cc(C)c2)CCCCC1. The Morgan fingerprint density at radius 1 is 1.11 bits per heavy atom. The second kappa shape index (κ2) is 5.87. The molecule has 2 heteroatoms. The number of hydrogen-bond acceptors (Lipinski definition) is 2. The lowest BCUT2D eigenvalue weighted by atomic mass is 9.79. The van der Waals surface area contributed by atoms with E-state index in [4.69, 9.17) is 4.74 Å². The number of Topliss-reactive ketones (excluding diaryl/α,β-unsaturated/α-hetero) is 1. The van der Waals surface area contributed by atoms with Gasteiger partial charge in [0.2, 0.25) is 0 Å². The van der Waals surface area contributed by atoms with Crippen LogP contribution in [0.5, 0.6) is 0 Å². The van der Waals surface area contributed by atoms with Gasteiger partial charge < -0.3 is 4.74 Å². The molecule has 2 rings (SSSR count). The lowest BCUT2D eigenvalue weighted by Gasteiger charge is -2.35. The molecule has 0 aromatic heterocycles. The first kappa shape index (κ1) is 14.3. The van der Waals surface area contributed by atoms with E-state index in [-0.39, 0.29) is 5.78 Å². The third-order valence-corrected chi connectivity index (χ3v) is 3.98. The number of benzene rings is 1. The van der Waals surface area contributed by atoms with Crippen LogP contribution in [0.1, 0.15) is 60.5 Å². The molecular formula is C17H24O2. The van der Waals surface area contributed by atoms with Gasteiger partial charge in [0.1, 0.15) is 5.60 Å². The number of rotatable bonds is 4. The standard InChI is InChI=1S/C17H24O2/c1-4-19-17(8-6-5-7-9-17)16(18)15-11-13(2)10-14(3)12-15/h10-12H,4-9H2,1-3H3. The summed E-state index contributed by atoms with van der Waals surface area (Å²) in [4.78, 5) is 12.9. The highest BCUT2D eigenvalue weighted by Crippen LogP contribution is 2.35. The predicted molar refractivity (Wildman–Crippen MR) is 77.7 cm³/mol. The molecule has 1 aromatic rings. The van der Waals surface area contributed by atoms with E-state index in [0.717, 1.165) is 42.4 Å². The number of ether oxygens (including phenoxy) is 1. The molecule has 0 heterocycles. The van der Waals surface area contributed by atoms with E-state index < -0.39 is 5.60 Å². The molecule has 0 radical (unpaired) electrons. The van der Waals surface area contributed by atoms with Crippen LogP contribution in [0.15, 0.2) is 18.2 Å². The first-order chi connectivity index (χ1) is 9.07. The summed E-state index contributed by atoms with van der Waals surface area (Å²) in [6, 6.07) is 6.08. The topological polar surface area (TPSA) is 26.3 Å². The lowest BCUT2D eigenvalue weighted by Crippen LogP contribution is -2.43. The molecule has 0 amide bonds. The maximum Gasteiger partial charge on any atom is 0.194 e. The molecule has 1 aliphatic rings. The van der Waals surface area contributed by atoms with Crippen molar-refractivity contribution in [2.45, 2.75) is 58.5 Å². The van der Waals surface area contributed by atoms with Crippen LogP contribution in [0.25, 0.3) is 0 Å². The fourth-order valence-electron chi connectivity index (χ4n) is 3.20. The highest BCUT2D eigenvalue weighted by molar-refractivity contribution is 6.02. The van der Waals surface area contributed by atoms with Gasteiger partial charge in [0.15, 0.2) is 5.78 Å². The first-order valence-electron chi connectivity index (χ1n) is 7.34. The average molecular weight is 260 g/mol. The second-order valence-electron chi connectivity index (χ2n) is 5.69. The van der Waals surface area contributed by atoms with E-state index >= 15 is 0 Å². The smallest absolute Gasteiger partial charge is 0.194 e. The van der Waals surface area contributed by atoms with Crippen molar-refractivity contribution in [3.05, 3.63) is 34.9 Å². The zero-order valence-electron chi connectivity index (χ0n) is 12.3. The van der Waals surface area contributed by atoms with Gasteiger partial charge in [-0.15, -0.1) is 0 Å². The Bertz CT molecular complexity index is 431. The van der Waals surface area contributed by atoms with E-state index in [1.54, 1.807) is 0 Å². The molecule has 0 aliphatic heterocycles. The molecule has 1 aliphatic carbocycles. The van der Waals surface area contributed by atoms with Gasteiger partial charge >= 0.3 is 0 Å². The predicted octanol–water partition coefficient (Wildman–Crippen LogP) is 4.23. The van der Waals surface area contributed by atoms with Gasteiger partial charge in [0, 0.05) is 12.2 Å². The average Bonchev–Trinajstić information content (AvgIpc) is 2.38. The Hall–Kier alpha value is -1.15. The maximum atomic E-state index is 12.9. The molecule has 0 saturated heterocycles. The van der Waals surface area contributed by atoms with Crippen molar-refractivity contribution in [3.63, 3.8) is 0 Å². The number of ketones is 1. The van der Waals surface area contributed by atoms with Gasteiger partial charge in [0.05, 0.1) is 0 Å². The van der Waals surface area contributed by atoms with Crippen LogP contribution in [0.2, 0.25) is 0 Å². The summed E-state index contributed by atoms with van der Waals surface area (Å²) in [6.07, 6.45) is 5.14. The largest absolute Gasteiger partial charge is 0.367 e. The molecule has 0 N–H and O–H groups in total. The van der Waals surface area contributed by atoms with Crippen molar-refractivity contribution in [1.29, 1.82) is 0 Å². The van der Waals surface area contributed by atoms with E-state index in [1.165, 1.54) is 6.42 Å². The zero-order valence-corrected chi connectivity index (χ0v) is 12.3. The van der Waals surface area contributed by atoms with Crippen LogP contribution in [-0.2, 0) is 4.74 Å². The highest BCUT2D eigenvalue weighted by Gasteiger charge is 2.40. The first-order valence-corrected chi connectivity index (χ1v) is 7.34. The van der Waals surface area contributed by atoms with E-state index in [9.17, 15) is 4.79 Å². The molecule has 0 atom stereocenters. The van der Waals surface area contributed by atoms with Gasteiger partial charge in [0.25, 0.3) is 0 Å². The van der Waals surface area contributed by atoms with Gasteiger partial charge in [-0.1, -0.05) is 36.5 Å². The zero-order chi connectivity index (χ0) is 13.9. The maximum absolute atomic E-state index is 12.9. The molecule has 1 fully saturated rings. The summed E-state index contributed by atoms with van der Waals surface area (Å²) in [7, 11) is 0. The van der Waals surface area contributed by atoms with E-state index in [0.29, 0.717) is 6.61 Å². The van der Waals surface area contributed by atoms with Gasteiger partial charge in [-0.2, -0.15) is 0 Å². The summed E-state index contributed by atoms with van der Waals surface area (Å²) in [5.41, 5.74) is 2.54. The molecule has 0 unspecified atom stereocenters. The van der Waals surface area contributed by atoms with Crippen LogP contribution in [0, 0.1) is 13.8 Å². The Balaban J connectivity index is 2.33. The fourth-order valence-corrected chi connectivity index (χ4v) is 3.20. The van der Waals surface area contributed by atoms with Crippen molar-refractivity contribution in [1.82, 2.24) is 0 Å². The molecule has 0 spiro atoms. The van der Waals surface area contributed by atoms with Crippen LogP contribution >= 0.6 is 0 Å². The van der Waals surface area contributed by atoms with Crippen molar-refractivity contribution < 1.29 is 9.53 Å². The van der Waals surface area contributed by atoms with Crippen molar-refractivity contribution >= 4 is 5.78 Å². The van der Waals surface area contributed by atoms with Gasteiger partial charge in [-0.25, -0.2) is 0 Å². The van der Waals surface area contributed by atoms with Crippen LogP contribution in [0.3, 0.4) is 0 Å². The summed E-state index contributed by atoms with van der Waals surface area (Å²) in [5, 5.41) is 0. The van der Waals surface area contributed by atoms with Crippen LogP contribution in [-0.4, -0.2) is 18.0 Å². The van der Waals surface area contributed by atoms with Crippen LogP contribution in [0.4, 0.5) is 0 Å². The Morgan fingerprint density at radius 3 is 2.21 bits per heavy atom. The molecule has 19 heavy (non-hydrogen) atoms. The second-order valence-corrected chi connectivity index (χ2v) is 5.69. The molecule has 1 aromatic carbocycles. The van der Waals surface area contributed by atoms with E-state index in [1.807, 2.05) is 32.9 Å². The van der Waals surface area contributed by atoms with E-state index in [2.05, 4.69) is 6.07 Å². The molecule has 0 bridgehead atoms. The Kier molecular flexibility index (Phi) is 4.41. The number of hydrogen-bond donors (Lipinski definition) is 0.